The van der Waals surface area contributed by atoms with Gasteiger partial charge < -0.3 is 15.0 Å². The third kappa shape index (κ3) is 6.43. The molecule has 0 bridgehead atoms. The zero-order valence-electron chi connectivity index (χ0n) is 14.2. The summed E-state index contributed by atoms with van der Waals surface area (Å²) in [6.07, 6.45) is 5.04. The maximum absolute atomic E-state index is 12.2. The maximum atomic E-state index is 12.2. The molecule has 0 radical (unpaired) electrons. The van der Waals surface area contributed by atoms with E-state index in [2.05, 4.69) is 10.2 Å². The van der Waals surface area contributed by atoms with E-state index in [4.69, 9.17) is 4.74 Å². The molecule has 1 aromatic carbocycles. The summed E-state index contributed by atoms with van der Waals surface area (Å²) in [6.45, 7) is 6.26. The van der Waals surface area contributed by atoms with Gasteiger partial charge in [-0.1, -0.05) is 6.42 Å². The van der Waals surface area contributed by atoms with Crippen LogP contribution in [0.4, 0.5) is 0 Å². The summed E-state index contributed by atoms with van der Waals surface area (Å²) >= 11 is 1.58. The van der Waals surface area contributed by atoms with Crippen LogP contribution >= 0.6 is 11.8 Å². The predicted octanol–water partition coefficient (Wildman–Crippen LogP) is 3.17. The van der Waals surface area contributed by atoms with Crippen molar-refractivity contribution >= 4 is 17.7 Å². The number of piperidine rings is 1. The van der Waals surface area contributed by atoms with E-state index in [1.54, 1.807) is 18.9 Å². The lowest BCUT2D eigenvalue weighted by atomic mass is 10.1. The van der Waals surface area contributed by atoms with E-state index in [0.717, 1.165) is 30.2 Å². The van der Waals surface area contributed by atoms with Gasteiger partial charge in [-0.15, -0.1) is 11.8 Å². The number of carbonyl (C=O) groups is 1. The second-order valence-electron chi connectivity index (χ2n) is 5.98. The Balaban J connectivity index is 1.63. The monoisotopic (exact) mass is 336 g/mol. The number of hydrogen-bond acceptors (Lipinski definition) is 4. The van der Waals surface area contributed by atoms with E-state index < -0.39 is 0 Å². The number of ether oxygens (including phenoxy) is 1. The Morgan fingerprint density at radius 3 is 2.61 bits per heavy atom. The quantitative estimate of drug-likeness (QED) is 0.585. The van der Waals surface area contributed by atoms with Gasteiger partial charge in [0.15, 0.2) is 0 Å². The van der Waals surface area contributed by atoms with Crippen LogP contribution in [-0.4, -0.2) is 49.3 Å². The van der Waals surface area contributed by atoms with Crippen LogP contribution in [0.15, 0.2) is 29.2 Å². The lowest BCUT2D eigenvalue weighted by Crippen LogP contribution is -2.35. The van der Waals surface area contributed by atoms with Crippen molar-refractivity contribution in [1.82, 2.24) is 10.2 Å². The van der Waals surface area contributed by atoms with E-state index in [9.17, 15) is 4.79 Å². The Kier molecular flexibility index (Phi) is 7.76. The molecule has 1 atom stereocenters. The van der Waals surface area contributed by atoms with Crippen molar-refractivity contribution in [3.63, 3.8) is 0 Å². The molecule has 1 N–H and O–H groups in total. The molecule has 0 aliphatic carbocycles. The molecule has 1 aliphatic rings. The minimum atomic E-state index is -0.0848. The molecule has 1 saturated heterocycles. The summed E-state index contributed by atoms with van der Waals surface area (Å²) in [4.78, 5) is 15.7. The lowest BCUT2D eigenvalue weighted by Gasteiger charge is -2.26. The van der Waals surface area contributed by atoms with Crippen LogP contribution in [0.3, 0.4) is 0 Å². The zero-order chi connectivity index (χ0) is 16.5. The van der Waals surface area contributed by atoms with Gasteiger partial charge in [-0.05, 0) is 70.1 Å². The Labute approximate surface area is 144 Å². The highest BCUT2D eigenvalue weighted by molar-refractivity contribution is 8.00. The number of amides is 1. The minimum Gasteiger partial charge on any atom is -0.497 e. The molecule has 2 rings (SSSR count). The molecular weight excluding hydrogens is 308 g/mol. The Morgan fingerprint density at radius 2 is 1.96 bits per heavy atom. The van der Waals surface area contributed by atoms with Crippen LogP contribution < -0.4 is 10.1 Å². The first-order valence-electron chi connectivity index (χ1n) is 8.50. The number of hydrogen-bond donors (Lipinski definition) is 1. The largest absolute Gasteiger partial charge is 0.497 e. The SMILES string of the molecule is COc1ccc(S[C@H](C)C(=O)NCCCN2CCCCC2)cc1. The maximum Gasteiger partial charge on any atom is 0.233 e. The summed E-state index contributed by atoms with van der Waals surface area (Å²) < 4.78 is 5.14. The number of methoxy groups -OCH3 is 1. The normalized spacial score (nSPS) is 16.8. The molecule has 128 valence electrons. The molecule has 1 heterocycles. The third-order valence-corrected chi connectivity index (χ3v) is 5.25. The summed E-state index contributed by atoms with van der Waals surface area (Å²) in [5.74, 6) is 0.952. The van der Waals surface area contributed by atoms with Gasteiger partial charge in [-0.25, -0.2) is 0 Å². The summed E-state index contributed by atoms with van der Waals surface area (Å²) in [6, 6.07) is 7.82. The fourth-order valence-corrected chi connectivity index (χ4v) is 3.64. The first-order valence-corrected chi connectivity index (χ1v) is 9.38. The predicted molar refractivity (Wildman–Crippen MR) is 96.2 cm³/mol. The van der Waals surface area contributed by atoms with Gasteiger partial charge in [0.05, 0.1) is 12.4 Å². The van der Waals surface area contributed by atoms with E-state index >= 15 is 0 Å². The highest BCUT2D eigenvalue weighted by Crippen LogP contribution is 2.25. The van der Waals surface area contributed by atoms with Crippen LogP contribution in [0, 0.1) is 0 Å². The second kappa shape index (κ2) is 9.83. The molecule has 4 nitrogen and oxygen atoms in total. The van der Waals surface area contributed by atoms with Crippen molar-refractivity contribution < 1.29 is 9.53 Å². The molecule has 1 aliphatic heterocycles. The van der Waals surface area contributed by atoms with E-state index in [-0.39, 0.29) is 11.2 Å². The number of carbonyl (C=O) groups excluding carboxylic acids is 1. The fourth-order valence-electron chi connectivity index (χ4n) is 2.75. The van der Waals surface area contributed by atoms with Crippen LogP contribution in [0.2, 0.25) is 0 Å². The Morgan fingerprint density at radius 1 is 1.26 bits per heavy atom. The highest BCUT2D eigenvalue weighted by Gasteiger charge is 2.14. The third-order valence-electron chi connectivity index (χ3n) is 4.14. The average Bonchev–Trinajstić information content (AvgIpc) is 2.60. The molecule has 0 saturated carbocycles. The van der Waals surface area contributed by atoms with Gasteiger partial charge in [-0.2, -0.15) is 0 Å². The Hall–Kier alpha value is -1.20. The van der Waals surface area contributed by atoms with Crippen molar-refractivity contribution in [3.8, 4) is 5.75 Å². The highest BCUT2D eigenvalue weighted by atomic mass is 32.2. The van der Waals surface area contributed by atoms with E-state index in [0.29, 0.717) is 0 Å². The second-order valence-corrected chi connectivity index (χ2v) is 7.40. The molecule has 1 aromatic rings. The molecule has 5 heteroatoms. The van der Waals surface area contributed by atoms with Crippen molar-refractivity contribution in [1.29, 1.82) is 0 Å². The fraction of sp³-hybridized carbons (Fsp3) is 0.611. The summed E-state index contributed by atoms with van der Waals surface area (Å²) in [7, 11) is 1.65. The van der Waals surface area contributed by atoms with Gasteiger partial charge >= 0.3 is 0 Å². The molecule has 0 unspecified atom stereocenters. The number of nitrogens with zero attached hydrogens (tertiary/aromatic N) is 1. The lowest BCUT2D eigenvalue weighted by molar-refractivity contribution is -0.120. The minimum absolute atomic E-state index is 0.0848. The zero-order valence-corrected chi connectivity index (χ0v) is 15.0. The number of nitrogens with one attached hydrogen (secondary N) is 1. The van der Waals surface area contributed by atoms with Crippen LogP contribution in [0.1, 0.15) is 32.6 Å². The van der Waals surface area contributed by atoms with Gasteiger partial charge in [0, 0.05) is 11.4 Å². The van der Waals surface area contributed by atoms with Crippen molar-refractivity contribution in [2.75, 3.05) is 33.3 Å². The van der Waals surface area contributed by atoms with E-state index in [1.165, 1.54) is 32.4 Å². The smallest absolute Gasteiger partial charge is 0.233 e. The van der Waals surface area contributed by atoms with E-state index in [1.807, 2.05) is 31.2 Å². The molecule has 0 spiro atoms. The van der Waals surface area contributed by atoms with Crippen molar-refractivity contribution in [2.24, 2.45) is 0 Å². The topological polar surface area (TPSA) is 41.6 Å². The number of likely N-dealkylation sites (tertiary alicyclic amines) is 1. The molecule has 0 aromatic heterocycles. The van der Waals surface area contributed by atoms with Crippen molar-refractivity contribution in [3.05, 3.63) is 24.3 Å². The Bertz CT molecular complexity index is 472. The number of thioether (sulfide) groups is 1. The van der Waals surface area contributed by atoms with Gasteiger partial charge in [0.1, 0.15) is 5.75 Å². The molecule has 1 fully saturated rings. The number of rotatable bonds is 8. The first kappa shape index (κ1) is 18.1. The van der Waals surface area contributed by atoms with Gasteiger partial charge in [-0.3, -0.25) is 4.79 Å². The standard InChI is InChI=1S/C18H28N2O2S/c1-15(23-17-9-7-16(22-2)8-10-17)18(21)19-11-6-14-20-12-4-3-5-13-20/h7-10,15H,3-6,11-14H2,1-2H3,(H,19,21)/t15-/m1/s1. The van der Waals surface area contributed by atoms with Crippen LogP contribution in [0.5, 0.6) is 5.75 Å². The van der Waals surface area contributed by atoms with Crippen LogP contribution in [-0.2, 0) is 4.79 Å². The van der Waals surface area contributed by atoms with Gasteiger partial charge in [0.2, 0.25) is 5.91 Å². The first-order chi connectivity index (χ1) is 11.2. The van der Waals surface area contributed by atoms with Crippen molar-refractivity contribution in [2.45, 2.75) is 42.8 Å². The number of benzene rings is 1. The van der Waals surface area contributed by atoms with Crippen LogP contribution in [0.25, 0.3) is 0 Å². The summed E-state index contributed by atoms with van der Waals surface area (Å²) in [5.41, 5.74) is 0. The molecule has 23 heavy (non-hydrogen) atoms. The molecule has 1 amide bonds. The average molecular weight is 337 g/mol. The summed E-state index contributed by atoms with van der Waals surface area (Å²) in [5, 5.41) is 2.97. The molecular formula is C18H28N2O2S. The van der Waals surface area contributed by atoms with Gasteiger partial charge in [0.25, 0.3) is 0 Å².